The second kappa shape index (κ2) is 7.70. The first-order valence-electron chi connectivity index (χ1n) is 7.35. The summed E-state index contributed by atoms with van der Waals surface area (Å²) >= 11 is 0. The van der Waals surface area contributed by atoms with Gasteiger partial charge in [-0.05, 0) is 46.0 Å². The number of hydrogen-bond acceptors (Lipinski definition) is 4. The highest BCUT2D eigenvalue weighted by Gasteiger charge is 2.40. The Morgan fingerprint density at radius 2 is 1.52 bits per heavy atom. The van der Waals surface area contributed by atoms with Crippen molar-refractivity contribution in [1.29, 1.82) is 0 Å². The van der Waals surface area contributed by atoms with Crippen LogP contribution in [-0.2, 0) is 18.0 Å². The largest absolute Gasteiger partial charge is 0.400 e. The second-order valence-electron chi connectivity index (χ2n) is 5.87. The van der Waals surface area contributed by atoms with Gasteiger partial charge in [0.15, 0.2) is 14.2 Å². The average Bonchev–Trinajstić information content (AvgIpc) is 2.37. The molecule has 6 heteroatoms. The SMILES string of the molecule is CCOP(=O)(OCC)C(O[Si](C)(C)C)c1ccc(C)cc1. The van der Waals surface area contributed by atoms with Gasteiger partial charge in [-0.1, -0.05) is 29.8 Å². The number of aryl methyl sites for hydroxylation is 1. The quantitative estimate of drug-likeness (QED) is 0.491. The molecule has 0 aliphatic rings. The van der Waals surface area contributed by atoms with Crippen LogP contribution in [0, 0.1) is 6.92 Å². The molecule has 0 aliphatic heterocycles. The van der Waals surface area contributed by atoms with Crippen LogP contribution >= 0.6 is 7.60 Å². The lowest BCUT2D eigenvalue weighted by molar-refractivity contribution is 0.158. The summed E-state index contributed by atoms with van der Waals surface area (Å²) in [6.07, 6.45) is 0. The zero-order valence-electron chi connectivity index (χ0n) is 13.9. The maximum absolute atomic E-state index is 13.1. The molecule has 0 heterocycles. The van der Waals surface area contributed by atoms with Gasteiger partial charge in [0.05, 0.1) is 13.2 Å². The molecule has 1 aromatic carbocycles. The van der Waals surface area contributed by atoms with Gasteiger partial charge in [0, 0.05) is 0 Å². The zero-order valence-corrected chi connectivity index (χ0v) is 15.8. The van der Waals surface area contributed by atoms with Crippen molar-refractivity contribution in [3.8, 4) is 0 Å². The molecule has 0 N–H and O–H groups in total. The molecule has 4 nitrogen and oxygen atoms in total. The van der Waals surface area contributed by atoms with E-state index < -0.39 is 21.8 Å². The molecule has 0 amide bonds. The Labute approximate surface area is 129 Å². The molecule has 0 saturated carbocycles. The third-order valence-electron chi connectivity index (χ3n) is 2.73. The van der Waals surface area contributed by atoms with E-state index in [9.17, 15) is 4.57 Å². The summed E-state index contributed by atoms with van der Waals surface area (Å²) in [5.41, 5.74) is 1.99. The lowest BCUT2D eigenvalue weighted by Crippen LogP contribution is -2.28. The molecule has 0 bridgehead atoms. The Kier molecular flexibility index (Phi) is 6.82. The highest BCUT2D eigenvalue weighted by molar-refractivity contribution is 7.54. The highest BCUT2D eigenvalue weighted by atomic mass is 31.2. The molecule has 0 saturated heterocycles. The first-order valence-corrected chi connectivity index (χ1v) is 12.4. The molecule has 21 heavy (non-hydrogen) atoms. The van der Waals surface area contributed by atoms with Crippen molar-refractivity contribution in [2.45, 2.75) is 46.3 Å². The van der Waals surface area contributed by atoms with Crippen LogP contribution in [0.4, 0.5) is 0 Å². The van der Waals surface area contributed by atoms with Gasteiger partial charge in [0.1, 0.15) is 0 Å². The zero-order chi connectivity index (χ0) is 16.1. The summed E-state index contributed by atoms with van der Waals surface area (Å²) in [5.74, 6) is -0.662. The van der Waals surface area contributed by atoms with Gasteiger partial charge in [0.2, 0.25) is 0 Å². The van der Waals surface area contributed by atoms with Gasteiger partial charge in [-0.2, -0.15) is 0 Å². The first-order chi connectivity index (χ1) is 9.72. The lowest BCUT2D eigenvalue weighted by atomic mass is 10.2. The Hall–Kier alpha value is -0.453. The minimum absolute atomic E-state index is 0.328. The van der Waals surface area contributed by atoms with E-state index in [1.165, 1.54) is 0 Å². The van der Waals surface area contributed by atoms with Crippen LogP contribution in [-0.4, -0.2) is 21.5 Å². The van der Waals surface area contributed by atoms with Crippen molar-refractivity contribution in [3.05, 3.63) is 35.4 Å². The minimum Gasteiger partial charge on any atom is -0.400 e. The van der Waals surface area contributed by atoms with Crippen molar-refractivity contribution in [1.82, 2.24) is 0 Å². The summed E-state index contributed by atoms with van der Waals surface area (Å²) in [4.78, 5) is 0. The van der Waals surface area contributed by atoms with Crippen LogP contribution in [0.3, 0.4) is 0 Å². The van der Waals surface area contributed by atoms with Crippen molar-refractivity contribution in [3.63, 3.8) is 0 Å². The molecular weight excluding hydrogens is 303 g/mol. The van der Waals surface area contributed by atoms with Gasteiger partial charge >= 0.3 is 7.60 Å². The van der Waals surface area contributed by atoms with Gasteiger partial charge in [0.25, 0.3) is 0 Å². The summed E-state index contributed by atoms with van der Waals surface area (Å²) < 4.78 is 30.3. The standard InChI is InChI=1S/C15H27O4PSi/c1-7-17-20(16,18-8-2)15(19-21(4,5)6)14-11-9-13(3)10-12-14/h9-12,15H,7-8H2,1-6H3. The smallest absolute Gasteiger partial charge is 0.362 e. The Bertz CT molecular complexity index is 471. The predicted octanol–water partition coefficient (Wildman–Crippen LogP) is 5.11. The molecule has 1 rings (SSSR count). The fourth-order valence-electron chi connectivity index (χ4n) is 1.91. The molecule has 0 spiro atoms. The van der Waals surface area contributed by atoms with Gasteiger partial charge < -0.3 is 13.5 Å². The molecular formula is C15H27O4PSi. The van der Waals surface area contributed by atoms with Crippen LogP contribution in [0.2, 0.25) is 19.6 Å². The van der Waals surface area contributed by atoms with Crippen molar-refractivity contribution < 1.29 is 18.0 Å². The molecule has 0 aromatic heterocycles. The van der Waals surface area contributed by atoms with E-state index in [2.05, 4.69) is 19.6 Å². The molecule has 0 fully saturated rings. The minimum atomic E-state index is -3.35. The second-order valence-corrected chi connectivity index (χ2v) is 12.4. The van der Waals surface area contributed by atoms with E-state index in [1.807, 2.05) is 45.0 Å². The van der Waals surface area contributed by atoms with Crippen LogP contribution in [0.5, 0.6) is 0 Å². The van der Waals surface area contributed by atoms with E-state index in [-0.39, 0.29) is 0 Å². The third-order valence-corrected chi connectivity index (χ3v) is 6.09. The fraction of sp³-hybridized carbons (Fsp3) is 0.600. The van der Waals surface area contributed by atoms with E-state index >= 15 is 0 Å². The van der Waals surface area contributed by atoms with Crippen LogP contribution in [0.15, 0.2) is 24.3 Å². The monoisotopic (exact) mass is 330 g/mol. The van der Waals surface area contributed by atoms with Crippen molar-refractivity contribution in [2.75, 3.05) is 13.2 Å². The summed E-state index contributed by atoms with van der Waals surface area (Å²) in [7, 11) is -5.27. The molecule has 1 aromatic rings. The summed E-state index contributed by atoms with van der Waals surface area (Å²) in [5, 5.41) is 0. The Balaban J connectivity index is 3.22. The lowest BCUT2D eigenvalue weighted by Gasteiger charge is -2.31. The highest BCUT2D eigenvalue weighted by Crippen LogP contribution is 2.62. The number of rotatable bonds is 8. The summed E-state index contributed by atoms with van der Waals surface area (Å²) in [6, 6.07) is 7.84. The maximum Gasteiger partial charge on any atom is 0.362 e. The van der Waals surface area contributed by atoms with E-state index in [0.29, 0.717) is 13.2 Å². The normalized spacial score (nSPS) is 14.2. The molecule has 120 valence electrons. The predicted molar refractivity (Wildman–Crippen MR) is 89.2 cm³/mol. The fourth-order valence-corrected chi connectivity index (χ4v) is 5.79. The van der Waals surface area contributed by atoms with Crippen LogP contribution in [0.25, 0.3) is 0 Å². The molecule has 0 radical (unpaired) electrons. The number of benzene rings is 1. The van der Waals surface area contributed by atoms with Gasteiger partial charge in [-0.15, -0.1) is 0 Å². The average molecular weight is 330 g/mol. The Morgan fingerprint density at radius 1 is 1.05 bits per heavy atom. The van der Waals surface area contributed by atoms with Crippen molar-refractivity contribution in [2.24, 2.45) is 0 Å². The third kappa shape index (κ3) is 5.68. The summed E-state index contributed by atoms with van der Waals surface area (Å²) in [6.45, 7) is 12.5. The van der Waals surface area contributed by atoms with Gasteiger partial charge in [-0.25, -0.2) is 0 Å². The Morgan fingerprint density at radius 3 is 1.90 bits per heavy atom. The maximum atomic E-state index is 13.1. The van der Waals surface area contributed by atoms with Gasteiger partial charge in [-0.3, -0.25) is 4.57 Å². The number of hydrogen-bond donors (Lipinski definition) is 0. The van der Waals surface area contributed by atoms with E-state index in [0.717, 1.165) is 11.1 Å². The van der Waals surface area contributed by atoms with Crippen LogP contribution in [0.1, 0.15) is 30.8 Å². The molecule has 1 unspecified atom stereocenters. The molecule has 0 aliphatic carbocycles. The van der Waals surface area contributed by atoms with Crippen molar-refractivity contribution >= 4 is 15.9 Å². The van der Waals surface area contributed by atoms with E-state index in [1.54, 1.807) is 0 Å². The van der Waals surface area contributed by atoms with Crippen LogP contribution < -0.4 is 0 Å². The topological polar surface area (TPSA) is 44.8 Å². The molecule has 1 atom stereocenters. The van der Waals surface area contributed by atoms with E-state index in [4.69, 9.17) is 13.5 Å². The first kappa shape index (κ1) is 18.6.